The van der Waals surface area contributed by atoms with Gasteiger partial charge in [0.1, 0.15) is 5.69 Å². The van der Waals surface area contributed by atoms with Crippen LogP contribution in [0.3, 0.4) is 0 Å². The summed E-state index contributed by atoms with van der Waals surface area (Å²) in [4.78, 5) is 0. The molecule has 0 fully saturated rings. The van der Waals surface area contributed by atoms with E-state index in [0.29, 0.717) is 34.2 Å². The zero-order valence-corrected chi connectivity index (χ0v) is 14.0. The van der Waals surface area contributed by atoms with Crippen LogP contribution in [0.2, 0.25) is 0 Å². The summed E-state index contributed by atoms with van der Waals surface area (Å²) in [6.07, 6.45) is 1.49. The van der Waals surface area contributed by atoms with E-state index in [1.807, 2.05) is 19.9 Å². The first-order valence-corrected chi connectivity index (χ1v) is 7.70. The standard InChI is InChI=1S/C15H16N6O2S/c1-3-23-12-6-4-5-10(13(12)22)8-16-21-14(19-20-15(21)24)11-7-9(2)17-18-11/h4-8,22H,3H2,1-2H3,(H,17,18)(H,20,24)/b16-8+. The Bertz CT molecular complexity index is 940. The molecule has 0 saturated heterocycles. The van der Waals surface area contributed by atoms with E-state index in [2.05, 4.69) is 25.5 Å². The summed E-state index contributed by atoms with van der Waals surface area (Å²) < 4.78 is 7.13. The number of rotatable bonds is 5. The van der Waals surface area contributed by atoms with Crippen LogP contribution in [0.15, 0.2) is 29.4 Å². The third-order valence-corrected chi connectivity index (χ3v) is 3.49. The number of ether oxygens (including phenoxy) is 1. The number of benzene rings is 1. The van der Waals surface area contributed by atoms with Gasteiger partial charge in [0.25, 0.3) is 0 Å². The SMILES string of the molecule is CCOc1cccc(/C=N/n2c(-c3cc(C)[nH]n3)n[nH]c2=S)c1O. The largest absolute Gasteiger partial charge is 0.504 e. The van der Waals surface area contributed by atoms with E-state index in [1.54, 1.807) is 18.2 Å². The molecule has 0 radical (unpaired) electrons. The molecule has 0 spiro atoms. The lowest BCUT2D eigenvalue weighted by molar-refractivity contribution is 0.318. The van der Waals surface area contributed by atoms with E-state index in [9.17, 15) is 5.11 Å². The highest BCUT2D eigenvalue weighted by atomic mass is 32.1. The number of aromatic nitrogens is 5. The minimum atomic E-state index is 0.0234. The fourth-order valence-electron chi connectivity index (χ4n) is 2.13. The van der Waals surface area contributed by atoms with Crippen LogP contribution in [0.5, 0.6) is 11.5 Å². The van der Waals surface area contributed by atoms with Gasteiger partial charge in [0, 0.05) is 11.3 Å². The topological polar surface area (TPSA) is 104 Å². The molecular formula is C15H16N6O2S. The van der Waals surface area contributed by atoms with Crippen molar-refractivity contribution in [2.75, 3.05) is 6.61 Å². The number of aromatic amines is 2. The summed E-state index contributed by atoms with van der Waals surface area (Å²) in [5, 5.41) is 28.4. The monoisotopic (exact) mass is 344 g/mol. The van der Waals surface area contributed by atoms with Gasteiger partial charge in [-0.3, -0.25) is 5.10 Å². The number of aromatic hydroxyl groups is 1. The molecule has 0 aliphatic rings. The Morgan fingerprint density at radius 3 is 2.92 bits per heavy atom. The summed E-state index contributed by atoms with van der Waals surface area (Å²) in [6.45, 7) is 4.20. The van der Waals surface area contributed by atoms with Gasteiger partial charge in [-0.15, -0.1) is 0 Å². The van der Waals surface area contributed by atoms with Gasteiger partial charge in [0.15, 0.2) is 11.5 Å². The maximum atomic E-state index is 10.2. The number of nitrogens with zero attached hydrogens (tertiary/aromatic N) is 4. The first-order chi connectivity index (χ1) is 11.6. The predicted octanol–water partition coefficient (Wildman–Crippen LogP) is 2.63. The van der Waals surface area contributed by atoms with Crippen LogP contribution in [-0.2, 0) is 0 Å². The highest BCUT2D eigenvalue weighted by Gasteiger charge is 2.12. The number of aryl methyl sites for hydroxylation is 1. The van der Waals surface area contributed by atoms with Gasteiger partial charge in [0.05, 0.1) is 12.8 Å². The van der Waals surface area contributed by atoms with Gasteiger partial charge in [-0.2, -0.15) is 20.0 Å². The lowest BCUT2D eigenvalue weighted by Crippen LogP contribution is -1.97. The Morgan fingerprint density at radius 2 is 2.21 bits per heavy atom. The molecule has 9 heteroatoms. The quantitative estimate of drug-likeness (QED) is 0.487. The zero-order valence-electron chi connectivity index (χ0n) is 13.1. The predicted molar refractivity (Wildman–Crippen MR) is 92.0 cm³/mol. The van der Waals surface area contributed by atoms with E-state index in [-0.39, 0.29) is 5.75 Å². The molecule has 8 nitrogen and oxygen atoms in total. The van der Waals surface area contributed by atoms with Gasteiger partial charge in [0.2, 0.25) is 10.6 Å². The number of hydrogen-bond donors (Lipinski definition) is 3. The van der Waals surface area contributed by atoms with Crippen molar-refractivity contribution in [2.24, 2.45) is 5.10 Å². The maximum absolute atomic E-state index is 10.2. The van der Waals surface area contributed by atoms with Crippen LogP contribution in [0.4, 0.5) is 0 Å². The molecular weight excluding hydrogens is 328 g/mol. The van der Waals surface area contributed by atoms with E-state index < -0.39 is 0 Å². The molecule has 0 saturated carbocycles. The first kappa shape index (κ1) is 15.9. The Morgan fingerprint density at radius 1 is 1.38 bits per heavy atom. The smallest absolute Gasteiger partial charge is 0.216 e. The molecule has 2 heterocycles. The Kier molecular flexibility index (Phi) is 4.43. The summed E-state index contributed by atoms with van der Waals surface area (Å²) in [5.74, 6) is 0.900. The molecule has 0 unspecified atom stereocenters. The van der Waals surface area contributed by atoms with Gasteiger partial charge < -0.3 is 9.84 Å². The molecule has 0 aliphatic heterocycles. The minimum Gasteiger partial charge on any atom is -0.504 e. The number of phenolic OH excluding ortho intramolecular Hbond substituents is 1. The second-order valence-corrected chi connectivity index (χ2v) is 5.36. The maximum Gasteiger partial charge on any atom is 0.216 e. The van der Waals surface area contributed by atoms with Crippen LogP contribution >= 0.6 is 12.2 Å². The molecule has 3 rings (SSSR count). The van der Waals surface area contributed by atoms with Crippen LogP contribution in [0.1, 0.15) is 18.2 Å². The van der Waals surface area contributed by atoms with E-state index >= 15 is 0 Å². The average Bonchev–Trinajstić information content (AvgIpc) is 3.14. The summed E-state index contributed by atoms with van der Waals surface area (Å²) in [5.41, 5.74) is 2.02. The lowest BCUT2D eigenvalue weighted by atomic mass is 10.2. The molecule has 1 aromatic carbocycles. The molecule has 0 amide bonds. The van der Waals surface area contributed by atoms with Gasteiger partial charge >= 0.3 is 0 Å². The minimum absolute atomic E-state index is 0.0234. The van der Waals surface area contributed by atoms with Crippen LogP contribution in [0.25, 0.3) is 11.5 Å². The number of phenols is 1. The average molecular weight is 344 g/mol. The third-order valence-electron chi connectivity index (χ3n) is 3.23. The Labute approximate surface area is 142 Å². The Hall–Kier alpha value is -2.94. The summed E-state index contributed by atoms with van der Waals surface area (Å²) in [7, 11) is 0. The third kappa shape index (κ3) is 3.06. The first-order valence-electron chi connectivity index (χ1n) is 7.29. The van der Waals surface area contributed by atoms with Gasteiger partial charge in [-0.25, -0.2) is 5.10 Å². The molecule has 24 heavy (non-hydrogen) atoms. The normalized spacial score (nSPS) is 11.2. The molecule has 2 aromatic heterocycles. The van der Waals surface area contributed by atoms with Crippen molar-refractivity contribution in [3.63, 3.8) is 0 Å². The second kappa shape index (κ2) is 6.67. The number of H-pyrrole nitrogens is 2. The highest BCUT2D eigenvalue weighted by molar-refractivity contribution is 7.71. The Balaban J connectivity index is 1.98. The number of para-hydroxylation sites is 1. The summed E-state index contributed by atoms with van der Waals surface area (Å²) >= 11 is 5.20. The molecule has 3 N–H and O–H groups in total. The van der Waals surface area contributed by atoms with E-state index in [1.165, 1.54) is 10.9 Å². The fraction of sp³-hybridized carbons (Fsp3) is 0.200. The van der Waals surface area contributed by atoms with Crippen LogP contribution in [-0.4, -0.2) is 43.0 Å². The van der Waals surface area contributed by atoms with Crippen molar-refractivity contribution in [1.82, 2.24) is 25.1 Å². The van der Waals surface area contributed by atoms with Crippen molar-refractivity contribution in [3.8, 4) is 23.0 Å². The van der Waals surface area contributed by atoms with Crippen molar-refractivity contribution >= 4 is 18.4 Å². The fourth-order valence-corrected chi connectivity index (χ4v) is 2.31. The van der Waals surface area contributed by atoms with E-state index in [4.69, 9.17) is 17.0 Å². The van der Waals surface area contributed by atoms with Gasteiger partial charge in [-0.1, -0.05) is 6.07 Å². The van der Waals surface area contributed by atoms with Crippen molar-refractivity contribution < 1.29 is 9.84 Å². The highest BCUT2D eigenvalue weighted by Crippen LogP contribution is 2.28. The van der Waals surface area contributed by atoms with Gasteiger partial charge in [-0.05, 0) is 44.3 Å². The number of hydrogen-bond acceptors (Lipinski definition) is 6. The van der Waals surface area contributed by atoms with Crippen LogP contribution < -0.4 is 4.74 Å². The molecule has 3 aromatic rings. The molecule has 0 atom stereocenters. The lowest BCUT2D eigenvalue weighted by Gasteiger charge is -2.07. The number of nitrogens with one attached hydrogen (secondary N) is 2. The van der Waals surface area contributed by atoms with Crippen LogP contribution in [0, 0.1) is 11.7 Å². The van der Waals surface area contributed by atoms with E-state index in [0.717, 1.165) is 5.69 Å². The van der Waals surface area contributed by atoms with Crippen molar-refractivity contribution in [3.05, 3.63) is 40.3 Å². The molecule has 0 bridgehead atoms. The molecule has 0 aliphatic carbocycles. The zero-order chi connectivity index (χ0) is 17.1. The summed E-state index contributed by atoms with van der Waals surface area (Å²) in [6, 6.07) is 7.03. The van der Waals surface area contributed by atoms with Crippen molar-refractivity contribution in [1.29, 1.82) is 0 Å². The molecule has 124 valence electrons. The second-order valence-electron chi connectivity index (χ2n) is 4.97. The van der Waals surface area contributed by atoms with Crippen molar-refractivity contribution in [2.45, 2.75) is 13.8 Å².